The van der Waals surface area contributed by atoms with Gasteiger partial charge in [-0.3, -0.25) is 9.59 Å². The Labute approximate surface area is 158 Å². The zero-order chi connectivity index (χ0) is 18.7. The van der Waals surface area contributed by atoms with Gasteiger partial charge in [-0.25, -0.2) is 4.39 Å². The van der Waals surface area contributed by atoms with Crippen molar-refractivity contribution >= 4 is 34.2 Å². The summed E-state index contributed by atoms with van der Waals surface area (Å²) in [6.45, 7) is 0. The number of para-hydroxylation sites is 1. The van der Waals surface area contributed by atoms with Gasteiger partial charge >= 0.3 is 0 Å². The van der Waals surface area contributed by atoms with Crippen LogP contribution in [0.4, 0.5) is 4.39 Å². The average Bonchev–Trinajstić information content (AvgIpc) is 2.64. The van der Waals surface area contributed by atoms with Gasteiger partial charge in [0.15, 0.2) is 17.3 Å². The molecule has 0 aliphatic heterocycles. The van der Waals surface area contributed by atoms with Crippen LogP contribution in [-0.4, -0.2) is 11.0 Å². The molecule has 0 N–H and O–H groups in total. The van der Waals surface area contributed by atoms with Gasteiger partial charge in [-0.15, -0.1) is 0 Å². The zero-order valence-electron chi connectivity index (χ0n) is 13.2. The second kappa shape index (κ2) is 7.68. The lowest BCUT2D eigenvalue weighted by Crippen LogP contribution is -2.08. The summed E-state index contributed by atoms with van der Waals surface area (Å²) in [7, 11) is 0. The molecule has 0 aliphatic rings. The number of halogens is 3. The smallest absolute Gasteiger partial charge is 0.256 e. The number of carbonyl (C=O) groups excluding carboxylic acids is 2. The van der Waals surface area contributed by atoms with E-state index in [0.717, 1.165) is 0 Å². The molecule has 0 atom stereocenters. The number of carbonyl (C=O) groups is 2. The van der Waals surface area contributed by atoms with Crippen LogP contribution in [0.2, 0.25) is 5.02 Å². The van der Waals surface area contributed by atoms with E-state index in [1.54, 1.807) is 30.3 Å². The number of ether oxygens (including phenoxy) is 1. The average molecular weight is 389 g/mol. The Morgan fingerprint density at radius 1 is 0.846 bits per heavy atom. The van der Waals surface area contributed by atoms with E-state index in [1.807, 2.05) is 0 Å². The van der Waals surface area contributed by atoms with Gasteiger partial charge in [0.05, 0.1) is 11.1 Å². The highest BCUT2D eigenvalue weighted by Gasteiger charge is 2.23. The first-order valence-electron chi connectivity index (χ1n) is 7.53. The molecule has 0 unspecified atom stereocenters. The summed E-state index contributed by atoms with van der Waals surface area (Å²) in [4.78, 5) is 24.2. The van der Waals surface area contributed by atoms with Gasteiger partial charge in [-0.1, -0.05) is 29.8 Å². The summed E-state index contributed by atoms with van der Waals surface area (Å²) < 4.78 is 20.5. The molecule has 3 aromatic rings. The van der Waals surface area contributed by atoms with Gasteiger partial charge in [0.2, 0.25) is 0 Å². The molecule has 130 valence electrons. The van der Waals surface area contributed by atoms with Gasteiger partial charge in [-0.2, -0.15) is 0 Å². The van der Waals surface area contributed by atoms with Crippen LogP contribution in [0, 0.1) is 5.82 Å². The molecule has 0 radical (unpaired) electrons. The van der Waals surface area contributed by atoms with Crippen LogP contribution in [0.15, 0.2) is 66.7 Å². The first-order valence-corrected chi connectivity index (χ1v) is 8.28. The fourth-order valence-electron chi connectivity index (χ4n) is 2.35. The van der Waals surface area contributed by atoms with Crippen molar-refractivity contribution in [2.24, 2.45) is 0 Å². The highest BCUT2D eigenvalue weighted by molar-refractivity contribution is 6.68. The van der Waals surface area contributed by atoms with E-state index >= 15 is 4.39 Å². The van der Waals surface area contributed by atoms with E-state index in [-0.39, 0.29) is 16.7 Å². The highest BCUT2D eigenvalue weighted by atomic mass is 35.5. The first-order chi connectivity index (χ1) is 12.5. The van der Waals surface area contributed by atoms with Crippen LogP contribution in [0.5, 0.6) is 11.5 Å². The molecule has 0 saturated heterocycles. The van der Waals surface area contributed by atoms with Crippen molar-refractivity contribution in [3.8, 4) is 11.5 Å². The molecule has 0 aromatic heterocycles. The highest BCUT2D eigenvalue weighted by Crippen LogP contribution is 2.32. The van der Waals surface area contributed by atoms with Crippen LogP contribution in [0.3, 0.4) is 0 Å². The Balaban J connectivity index is 2.07. The number of hydrogen-bond donors (Lipinski definition) is 0. The van der Waals surface area contributed by atoms with E-state index in [9.17, 15) is 9.59 Å². The van der Waals surface area contributed by atoms with E-state index < -0.39 is 22.6 Å². The van der Waals surface area contributed by atoms with Crippen LogP contribution < -0.4 is 4.74 Å². The molecular weight excluding hydrogens is 378 g/mol. The Hall–Kier alpha value is -2.69. The number of ketones is 1. The molecule has 6 heteroatoms. The molecule has 0 bridgehead atoms. The summed E-state index contributed by atoms with van der Waals surface area (Å²) in [5, 5.41) is -0.432. The zero-order valence-corrected chi connectivity index (χ0v) is 14.7. The fraction of sp³-hybridized carbons (Fsp3) is 0. The second-order valence-electron chi connectivity index (χ2n) is 5.33. The topological polar surface area (TPSA) is 43.4 Å². The van der Waals surface area contributed by atoms with Gasteiger partial charge in [-0.05, 0) is 60.1 Å². The standard InChI is InChI=1S/C20H11Cl2FO3/c21-13-8-6-12(7-9-13)18(24)15-10-11-16(20(22)25)19(17(15)23)26-14-4-2-1-3-5-14/h1-11H. The largest absolute Gasteiger partial charge is 0.453 e. The molecule has 0 spiro atoms. The summed E-state index contributed by atoms with van der Waals surface area (Å²) in [5.74, 6) is -1.61. The molecule has 3 nitrogen and oxygen atoms in total. The monoisotopic (exact) mass is 388 g/mol. The van der Waals surface area contributed by atoms with Crippen molar-refractivity contribution in [1.29, 1.82) is 0 Å². The van der Waals surface area contributed by atoms with Gasteiger partial charge < -0.3 is 4.74 Å². The molecule has 0 heterocycles. The SMILES string of the molecule is O=C(c1ccc(Cl)cc1)c1ccc(C(=O)Cl)c(Oc2ccccc2)c1F. The predicted octanol–water partition coefficient (Wildman–Crippen LogP) is 5.88. The third kappa shape index (κ3) is 3.77. The minimum absolute atomic E-state index is 0.166. The summed E-state index contributed by atoms with van der Waals surface area (Å²) >= 11 is 11.3. The van der Waals surface area contributed by atoms with E-state index in [4.69, 9.17) is 27.9 Å². The van der Waals surface area contributed by atoms with Crippen molar-refractivity contribution in [2.75, 3.05) is 0 Å². The molecule has 0 saturated carbocycles. The van der Waals surface area contributed by atoms with Crippen molar-refractivity contribution in [3.63, 3.8) is 0 Å². The second-order valence-corrected chi connectivity index (χ2v) is 6.11. The Morgan fingerprint density at radius 2 is 1.46 bits per heavy atom. The lowest BCUT2D eigenvalue weighted by Gasteiger charge is -2.12. The minimum Gasteiger partial charge on any atom is -0.453 e. The number of benzene rings is 3. The van der Waals surface area contributed by atoms with Crippen molar-refractivity contribution in [3.05, 3.63) is 94.3 Å². The van der Waals surface area contributed by atoms with Gasteiger partial charge in [0.1, 0.15) is 5.75 Å². The van der Waals surface area contributed by atoms with Crippen molar-refractivity contribution < 1.29 is 18.7 Å². The third-order valence-corrected chi connectivity index (χ3v) is 4.08. The Kier molecular flexibility index (Phi) is 5.35. The van der Waals surface area contributed by atoms with Crippen LogP contribution >= 0.6 is 23.2 Å². The fourth-order valence-corrected chi connectivity index (χ4v) is 2.62. The molecular formula is C20H11Cl2FO3. The van der Waals surface area contributed by atoms with E-state index in [0.29, 0.717) is 10.8 Å². The van der Waals surface area contributed by atoms with Crippen LogP contribution in [-0.2, 0) is 0 Å². The maximum Gasteiger partial charge on any atom is 0.256 e. The van der Waals surface area contributed by atoms with Crippen molar-refractivity contribution in [2.45, 2.75) is 0 Å². The van der Waals surface area contributed by atoms with Crippen LogP contribution in [0.1, 0.15) is 26.3 Å². The first kappa shape index (κ1) is 18.1. The number of rotatable bonds is 5. The van der Waals surface area contributed by atoms with Gasteiger partial charge in [0.25, 0.3) is 5.24 Å². The molecule has 0 aliphatic carbocycles. The third-order valence-electron chi connectivity index (χ3n) is 3.62. The summed E-state index contributed by atoms with van der Waals surface area (Å²) in [5.41, 5.74) is -0.149. The van der Waals surface area contributed by atoms with E-state index in [1.165, 1.54) is 36.4 Å². The number of hydrogen-bond acceptors (Lipinski definition) is 3. The van der Waals surface area contributed by atoms with Crippen LogP contribution in [0.25, 0.3) is 0 Å². The lowest BCUT2D eigenvalue weighted by atomic mass is 10.0. The van der Waals surface area contributed by atoms with E-state index in [2.05, 4.69) is 0 Å². The summed E-state index contributed by atoms with van der Waals surface area (Å²) in [6.07, 6.45) is 0. The maximum atomic E-state index is 15.0. The quantitative estimate of drug-likeness (QED) is 0.404. The molecule has 0 amide bonds. The Bertz CT molecular complexity index is 970. The molecule has 26 heavy (non-hydrogen) atoms. The normalized spacial score (nSPS) is 10.4. The lowest BCUT2D eigenvalue weighted by molar-refractivity contribution is 0.103. The predicted molar refractivity (Wildman–Crippen MR) is 98.0 cm³/mol. The minimum atomic E-state index is -0.958. The Morgan fingerprint density at radius 3 is 2.08 bits per heavy atom. The molecule has 0 fully saturated rings. The summed E-state index contributed by atoms with van der Waals surface area (Å²) in [6, 6.07) is 16.8. The van der Waals surface area contributed by atoms with Gasteiger partial charge in [0, 0.05) is 10.6 Å². The van der Waals surface area contributed by atoms with Crippen molar-refractivity contribution in [1.82, 2.24) is 0 Å². The maximum absolute atomic E-state index is 15.0. The molecule has 3 aromatic carbocycles. The molecule has 3 rings (SSSR count).